The molecule has 72 heavy (non-hydrogen) atoms. The van der Waals surface area contributed by atoms with Crippen molar-refractivity contribution >= 4 is 88.8 Å². The average Bonchev–Trinajstić information content (AvgIpc) is 3.26. The van der Waals surface area contributed by atoms with E-state index in [-0.39, 0.29) is 37.4 Å². The highest BCUT2D eigenvalue weighted by Gasteiger charge is 2.36. The van der Waals surface area contributed by atoms with E-state index < -0.39 is 182 Å². The molecular formula is C43H72N10O18S. The third kappa shape index (κ3) is 26.0. The molecule has 29 heteroatoms. The van der Waals surface area contributed by atoms with Crippen molar-refractivity contribution in [1.29, 1.82) is 0 Å². The number of thioether (sulfide) groups is 1. The fourth-order valence-electron chi connectivity index (χ4n) is 6.56. The van der Waals surface area contributed by atoms with Crippen LogP contribution in [0.5, 0.6) is 0 Å². The first-order chi connectivity index (χ1) is 33.4. The van der Waals surface area contributed by atoms with E-state index in [1.54, 1.807) is 34.0 Å². The molecule has 0 heterocycles. The van der Waals surface area contributed by atoms with Gasteiger partial charge in [0.05, 0.1) is 25.5 Å². The molecule has 0 aromatic heterocycles. The van der Waals surface area contributed by atoms with E-state index in [2.05, 4.69) is 42.5 Å². The fourth-order valence-corrected chi connectivity index (χ4v) is 7.03. The number of aliphatic hydroxyl groups is 1. The van der Waals surface area contributed by atoms with Crippen molar-refractivity contribution in [2.24, 2.45) is 29.2 Å². The summed E-state index contributed by atoms with van der Waals surface area (Å²) in [6, 6.07) is -14.7. The van der Waals surface area contributed by atoms with Crippen LogP contribution in [-0.4, -0.2) is 176 Å². The van der Waals surface area contributed by atoms with Gasteiger partial charge >= 0.3 is 23.9 Å². The van der Waals surface area contributed by atoms with Gasteiger partial charge in [-0.3, -0.25) is 57.5 Å². The Morgan fingerprint density at radius 1 is 0.458 bits per heavy atom. The molecule has 0 rings (SSSR count). The van der Waals surface area contributed by atoms with E-state index in [4.69, 9.17) is 11.5 Å². The van der Waals surface area contributed by atoms with Crippen molar-refractivity contribution in [3.8, 4) is 0 Å². The molecule has 0 aromatic carbocycles. The molecule has 0 radical (unpaired) electrons. The van der Waals surface area contributed by atoms with Crippen LogP contribution in [-0.2, 0) is 62.3 Å². The summed E-state index contributed by atoms with van der Waals surface area (Å²) in [4.78, 5) is 166. The maximum absolute atomic E-state index is 13.9. The molecule has 9 amide bonds. The minimum Gasteiger partial charge on any atom is -0.481 e. The van der Waals surface area contributed by atoms with Crippen molar-refractivity contribution in [3.05, 3.63) is 0 Å². The smallest absolute Gasteiger partial charge is 0.326 e. The molecule has 0 aliphatic carbocycles. The van der Waals surface area contributed by atoms with Crippen molar-refractivity contribution in [2.45, 2.75) is 154 Å². The minimum absolute atomic E-state index is 0.0361. The highest BCUT2D eigenvalue weighted by molar-refractivity contribution is 7.98. The monoisotopic (exact) mass is 1050 g/mol. The molecule has 408 valence electrons. The van der Waals surface area contributed by atoms with Crippen molar-refractivity contribution in [1.82, 2.24) is 42.5 Å². The van der Waals surface area contributed by atoms with E-state index in [0.29, 0.717) is 0 Å². The lowest BCUT2D eigenvalue weighted by Gasteiger charge is -2.28. The predicted octanol–water partition coefficient (Wildman–Crippen LogP) is -4.15. The molecule has 0 aromatic rings. The average molecular weight is 1050 g/mol. The number of nitrogens with two attached hydrogens (primary N) is 2. The summed E-state index contributed by atoms with van der Waals surface area (Å²) in [5, 5.41) is 66.1. The molecule has 0 saturated heterocycles. The predicted molar refractivity (Wildman–Crippen MR) is 255 cm³/mol. The summed E-state index contributed by atoms with van der Waals surface area (Å²) >= 11 is 1.21. The van der Waals surface area contributed by atoms with Crippen molar-refractivity contribution < 1.29 is 87.9 Å². The van der Waals surface area contributed by atoms with Crippen LogP contribution in [0.25, 0.3) is 0 Å². The lowest BCUT2D eigenvalue weighted by molar-refractivity contribution is -0.144. The Hall–Kier alpha value is -6.62. The molecule has 0 spiro atoms. The Bertz CT molecular complexity index is 1940. The van der Waals surface area contributed by atoms with Gasteiger partial charge in [-0.2, -0.15) is 11.8 Å². The van der Waals surface area contributed by atoms with Gasteiger partial charge in [0.1, 0.15) is 48.3 Å². The fraction of sp³-hybridized carbons (Fsp3) is 0.698. The highest BCUT2D eigenvalue weighted by atomic mass is 32.2. The Balaban J connectivity index is 6.70. The van der Waals surface area contributed by atoms with Crippen molar-refractivity contribution in [3.63, 3.8) is 0 Å². The van der Waals surface area contributed by atoms with Gasteiger partial charge in [0.15, 0.2) is 0 Å². The first-order valence-corrected chi connectivity index (χ1v) is 24.3. The molecule has 17 N–H and O–H groups in total. The zero-order valence-electron chi connectivity index (χ0n) is 41.3. The molecule has 0 saturated carbocycles. The number of hydrogen-bond donors (Lipinski definition) is 15. The largest absolute Gasteiger partial charge is 0.481 e. The van der Waals surface area contributed by atoms with E-state index in [1.165, 1.54) is 25.6 Å². The van der Waals surface area contributed by atoms with Gasteiger partial charge in [-0.05, 0) is 61.9 Å². The van der Waals surface area contributed by atoms with E-state index in [1.807, 2.05) is 0 Å². The number of hydrogen-bond acceptors (Lipinski definition) is 16. The van der Waals surface area contributed by atoms with E-state index >= 15 is 0 Å². The van der Waals surface area contributed by atoms with Gasteiger partial charge in [-0.15, -0.1) is 0 Å². The highest BCUT2D eigenvalue weighted by Crippen LogP contribution is 2.11. The molecule has 0 bridgehead atoms. The van der Waals surface area contributed by atoms with Gasteiger partial charge in [-0.1, -0.05) is 41.5 Å². The summed E-state index contributed by atoms with van der Waals surface area (Å²) in [7, 11) is 0. The summed E-state index contributed by atoms with van der Waals surface area (Å²) in [5.41, 5.74) is 11.2. The molecule has 0 fully saturated rings. The molecular weight excluding hydrogens is 977 g/mol. The Morgan fingerprint density at radius 2 is 0.819 bits per heavy atom. The van der Waals surface area contributed by atoms with Crippen LogP contribution in [0.4, 0.5) is 0 Å². The number of aliphatic carboxylic acids is 4. The maximum atomic E-state index is 13.9. The third-order valence-corrected chi connectivity index (χ3v) is 11.0. The summed E-state index contributed by atoms with van der Waals surface area (Å²) in [5.74, 6) is -16.9. The van der Waals surface area contributed by atoms with Crippen LogP contribution >= 0.6 is 11.8 Å². The van der Waals surface area contributed by atoms with Crippen LogP contribution in [0.3, 0.4) is 0 Å². The molecule has 0 aliphatic rings. The Morgan fingerprint density at radius 3 is 1.19 bits per heavy atom. The van der Waals surface area contributed by atoms with E-state index in [0.717, 1.165) is 0 Å². The first kappa shape index (κ1) is 65.4. The summed E-state index contributed by atoms with van der Waals surface area (Å²) < 4.78 is 0. The quantitative estimate of drug-likeness (QED) is 0.0283. The Kier molecular flexibility index (Phi) is 30.1. The first-order valence-electron chi connectivity index (χ1n) is 22.9. The SMILES string of the molecule is CSCC[C@H](NC(=O)[C@H](CC(=O)O)NC(=O)[C@H](CCC(=O)O)NC(=O)[C@H](CC(C)C)NC(=O)[C@H](CC(=O)O)NC(=O)[C@H](CCC(N)=O)NC(=O)[C@@H](N)CC(C)C)C(=O)N[C@@H](CO)C(=O)N[C@H](C(=O)O)C(C)C. The van der Waals surface area contributed by atoms with Crippen LogP contribution < -0.4 is 54.0 Å². The second-order valence-corrected chi connectivity index (χ2v) is 18.9. The normalized spacial score (nSPS) is 14.9. The van der Waals surface area contributed by atoms with Crippen LogP contribution in [0, 0.1) is 17.8 Å². The maximum Gasteiger partial charge on any atom is 0.326 e. The van der Waals surface area contributed by atoms with Crippen molar-refractivity contribution in [2.75, 3.05) is 18.6 Å². The summed E-state index contributed by atoms with van der Waals surface area (Å²) in [6.45, 7) is 8.76. The Labute approximate surface area is 419 Å². The lowest BCUT2D eigenvalue weighted by atomic mass is 10.0. The molecule has 0 unspecified atom stereocenters. The molecule has 28 nitrogen and oxygen atoms in total. The van der Waals surface area contributed by atoms with Gasteiger partial charge in [0, 0.05) is 12.8 Å². The number of aliphatic hydroxyl groups excluding tert-OH is 1. The third-order valence-electron chi connectivity index (χ3n) is 10.3. The second-order valence-electron chi connectivity index (χ2n) is 18.0. The van der Waals surface area contributed by atoms with Crippen LogP contribution in [0.1, 0.15) is 99.3 Å². The number of amides is 9. The number of rotatable bonds is 36. The summed E-state index contributed by atoms with van der Waals surface area (Å²) in [6.07, 6.45) is -3.03. The second kappa shape index (κ2) is 33.1. The van der Waals surface area contributed by atoms with Crippen LogP contribution in [0.15, 0.2) is 0 Å². The van der Waals surface area contributed by atoms with E-state index in [9.17, 15) is 87.9 Å². The van der Waals surface area contributed by atoms with Gasteiger partial charge in [0.2, 0.25) is 53.2 Å². The van der Waals surface area contributed by atoms with Crippen LogP contribution in [0.2, 0.25) is 0 Å². The number of carbonyl (C=O) groups excluding carboxylic acids is 9. The minimum atomic E-state index is -2.02. The van der Waals surface area contributed by atoms with Gasteiger partial charge < -0.3 is 79.5 Å². The number of carboxylic acids is 4. The topological polar surface area (TPSA) is 471 Å². The van der Waals surface area contributed by atoms with Gasteiger partial charge in [-0.25, -0.2) is 4.79 Å². The number of carboxylic acid groups (broad SMARTS) is 4. The number of nitrogens with one attached hydrogen (secondary N) is 8. The number of carbonyl (C=O) groups is 13. The standard InChI is InChI=1S/C43H72N10O18S/c1-19(2)14-22(44)35(62)46-23(8-10-30(45)55)36(63)51-28(17-33(60)61)41(68)49-26(15-20(3)4)39(66)47-24(9-11-31(56)57)37(64)50-27(16-32(58)59)40(67)48-25(12-13-72-7)38(65)52-29(18-54)42(69)53-34(21(5)6)43(70)71/h19-29,34,54H,8-18,44H2,1-7H3,(H2,45,55)(H,46,62)(H,47,66)(H,48,67)(H,49,68)(H,50,64)(H,51,63)(H,52,65)(H,53,69)(H,56,57)(H,58,59)(H,60,61)(H,70,71)/t22-,23-,24-,25-,26-,27-,28-,29-,34-/m0/s1. The van der Waals surface area contributed by atoms with Gasteiger partial charge in [0.25, 0.3) is 0 Å². The molecule has 0 aliphatic heterocycles. The lowest BCUT2D eigenvalue weighted by Crippen LogP contribution is -2.61. The number of primary amides is 1. The molecule has 9 atom stereocenters. The zero-order chi connectivity index (χ0) is 55.6. The zero-order valence-corrected chi connectivity index (χ0v) is 42.1.